The molecule has 1 N–H and O–H groups in total. The molecule has 1 atom stereocenters. The molecule has 0 radical (unpaired) electrons. The Hall–Kier alpha value is -0.590. The molecule has 3 aliphatic rings. The second-order valence-corrected chi connectivity index (χ2v) is 7.43. The third-order valence-electron chi connectivity index (χ3n) is 6.00. The van der Waals surface area contributed by atoms with Gasteiger partial charge in [0.2, 0.25) is 0 Å². The number of rotatable bonds is 2. The fourth-order valence-electron chi connectivity index (χ4n) is 4.54. The van der Waals surface area contributed by atoms with Crippen molar-refractivity contribution in [1.82, 2.24) is 10.2 Å². The van der Waals surface area contributed by atoms with E-state index in [4.69, 9.17) is 4.74 Å². The highest BCUT2D eigenvalue weighted by Gasteiger charge is 2.40. The lowest BCUT2D eigenvalue weighted by molar-refractivity contribution is -0.121. The molecule has 1 aromatic rings. The van der Waals surface area contributed by atoms with Gasteiger partial charge in [-0.2, -0.15) is 0 Å². The third kappa shape index (κ3) is 4.82. The van der Waals surface area contributed by atoms with Crippen molar-refractivity contribution in [2.24, 2.45) is 0 Å². The lowest BCUT2D eigenvalue weighted by Crippen LogP contribution is -2.56. The van der Waals surface area contributed by atoms with Gasteiger partial charge in [-0.1, -0.05) is 0 Å². The molecule has 1 unspecified atom stereocenters. The quantitative estimate of drug-likeness (QED) is 0.817. The Labute approximate surface area is 168 Å². The number of piperidine rings is 1. The van der Waals surface area contributed by atoms with Crippen LogP contribution >= 0.6 is 24.8 Å². The van der Waals surface area contributed by atoms with Gasteiger partial charge in [-0.25, -0.2) is 4.39 Å². The summed E-state index contributed by atoms with van der Waals surface area (Å²) >= 11 is 0. The maximum atomic E-state index is 13.1. The highest BCUT2D eigenvalue weighted by atomic mass is 35.5. The molecule has 4 rings (SSSR count). The molecule has 4 nitrogen and oxygen atoms in total. The number of nitrogens with one attached hydrogen (secondary N) is 1. The van der Waals surface area contributed by atoms with E-state index < -0.39 is 0 Å². The molecule has 0 saturated carbocycles. The van der Waals surface area contributed by atoms with Gasteiger partial charge in [-0.05, 0) is 63.0 Å². The molecule has 0 amide bonds. The van der Waals surface area contributed by atoms with Crippen molar-refractivity contribution < 1.29 is 9.13 Å². The maximum absolute atomic E-state index is 13.1. The molecule has 0 bridgehead atoms. The number of piperazine rings is 1. The molecule has 1 aromatic carbocycles. The number of anilines is 1. The minimum absolute atomic E-state index is 0. The summed E-state index contributed by atoms with van der Waals surface area (Å²) in [5.74, 6) is -0.160. The summed E-state index contributed by atoms with van der Waals surface area (Å²) in [4.78, 5) is 5.03. The SMILES string of the molecule is Cl.Cl.Fc1ccc(N2CCN(C3CCOC4(CCNCC4)C3)CC2)cc1. The lowest BCUT2D eigenvalue weighted by atomic mass is 9.82. The standard InChI is InChI=1S/C19H28FN3O.2ClH/c20-16-1-3-17(4-2-16)22-10-12-23(13-11-22)18-5-14-24-19(15-18)6-8-21-9-7-19;;/h1-4,18,21H,5-15H2;2*1H. The zero-order chi connectivity index (χ0) is 16.4. The molecule has 0 aliphatic carbocycles. The van der Waals surface area contributed by atoms with Gasteiger partial charge in [0.1, 0.15) is 5.82 Å². The van der Waals surface area contributed by atoms with E-state index in [-0.39, 0.29) is 36.2 Å². The zero-order valence-electron chi connectivity index (χ0n) is 15.2. The van der Waals surface area contributed by atoms with Crippen LogP contribution < -0.4 is 10.2 Å². The largest absolute Gasteiger partial charge is 0.375 e. The minimum atomic E-state index is -0.160. The fourth-order valence-corrected chi connectivity index (χ4v) is 4.54. The number of hydrogen-bond acceptors (Lipinski definition) is 4. The molecule has 3 fully saturated rings. The van der Waals surface area contributed by atoms with Gasteiger partial charge in [-0.3, -0.25) is 4.90 Å². The summed E-state index contributed by atoms with van der Waals surface area (Å²) < 4.78 is 19.3. The molecular formula is C19H30Cl2FN3O. The van der Waals surface area contributed by atoms with Crippen molar-refractivity contribution in [3.8, 4) is 0 Å². The Morgan fingerprint density at radius 2 is 1.65 bits per heavy atom. The maximum Gasteiger partial charge on any atom is 0.123 e. The van der Waals surface area contributed by atoms with Crippen molar-refractivity contribution in [1.29, 1.82) is 0 Å². The highest BCUT2D eigenvalue weighted by Crippen LogP contribution is 2.35. The molecule has 3 saturated heterocycles. The third-order valence-corrected chi connectivity index (χ3v) is 6.00. The van der Waals surface area contributed by atoms with Gasteiger partial charge in [-0.15, -0.1) is 24.8 Å². The van der Waals surface area contributed by atoms with Gasteiger partial charge in [0.25, 0.3) is 0 Å². The predicted octanol–water partition coefficient (Wildman–Crippen LogP) is 3.09. The van der Waals surface area contributed by atoms with Gasteiger partial charge >= 0.3 is 0 Å². The van der Waals surface area contributed by atoms with Gasteiger partial charge in [0, 0.05) is 44.5 Å². The smallest absolute Gasteiger partial charge is 0.123 e. The summed E-state index contributed by atoms with van der Waals surface area (Å²) in [7, 11) is 0. The van der Waals surface area contributed by atoms with Crippen LogP contribution in [0.1, 0.15) is 25.7 Å². The zero-order valence-corrected chi connectivity index (χ0v) is 16.8. The van der Waals surface area contributed by atoms with Gasteiger partial charge in [0.05, 0.1) is 5.60 Å². The Balaban J connectivity index is 0.00000121. The first-order valence-corrected chi connectivity index (χ1v) is 9.33. The first-order chi connectivity index (χ1) is 11.7. The van der Waals surface area contributed by atoms with Crippen LogP contribution in [0.5, 0.6) is 0 Å². The summed E-state index contributed by atoms with van der Waals surface area (Å²) in [6.07, 6.45) is 4.65. The Morgan fingerprint density at radius 1 is 1.00 bits per heavy atom. The van der Waals surface area contributed by atoms with E-state index in [2.05, 4.69) is 15.1 Å². The van der Waals surface area contributed by atoms with Crippen LogP contribution in [0.15, 0.2) is 24.3 Å². The van der Waals surface area contributed by atoms with E-state index in [0.29, 0.717) is 6.04 Å². The van der Waals surface area contributed by atoms with Crippen molar-refractivity contribution >= 4 is 30.5 Å². The molecule has 3 heterocycles. The number of halogens is 3. The summed E-state index contributed by atoms with van der Waals surface area (Å²) in [5, 5.41) is 3.45. The monoisotopic (exact) mass is 405 g/mol. The molecule has 148 valence electrons. The minimum Gasteiger partial charge on any atom is -0.375 e. The van der Waals surface area contributed by atoms with Crippen molar-refractivity contribution in [2.75, 3.05) is 50.8 Å². The molecule has 3 aliphatic heterocycles. The number of benzene rings is 1. The Bertz CT molecular complexity index is 541. The number of hydrogen-bond donors (Lipinski definition) is 1. The van der Waals surface area contributed by atoms with E-state index in [1.807, 2.05) is 12.1 Å². The average Bonchev–Trinajstić information content (AvgIpc) is 2.63. The van der Waals surface area contributed by atoms with Crippen molar-refractivity contribution in [2.45, 2.75) is 37.3 Å². The molecule has 7 heteroatoms. The van der Waals surface area contributed by atoms with Gasteiger partial charge in [0.15, 0.2) is 0 Å². The van der Waals surface area contributed by atoms with Crippen molar-refractivity contribution in [3.63, 3.8) is 0 Å². The molecular weight excluding hydrogens is 376 g/mol. The molecule has 0 aromatic heterocycles. The highest BCUT2D eigenvalue weighted by molar-refractivity contribution is 5.85. The van der Waals surface area contributed by atoms with E-state index in [1.165, 1.54) is 6.42 Å². The normalized spacial score (nSPS) is 26.0. The molecule has 26 heavy (non-hydrogen) atoms. The second kappa shape index (κ2) is 9.56. The topological polar surface area (TPSA) is 27.7 Å². The fraction of sp³-hybridized carbons (Fsp3) is 0.684. The summed E-state index contributed by atoms with van der Waals surface area (Å²) in [6, 6.07) is 7.56. The first kappa shape index (κ1) is 21.7. The van der Waals surface area contributed by atoms with Crippen molar-refractivity contribution in [3.05, 3.63) is 30.1 Å². The summed E-state index contributed by atoms with van der Waals surface area (Å²) in [5.41, 5.74) is 1.26. The lowest BCUT2D eigenvalue weighted by Gasteiger charge is -2.48. The predicted molar refractivity (Wildman–Crippen MR) is 108 cm³/mol. The first-order valence-electron chi connectivity index (χ1n) is 9.33. The van der Waals surface area contributed by atoms with E-state index >= 15 is 0 Å². The van der Waals surface area contributed by atoms with Crippen LogP contribution in [0.3, 0.4) is 0 Å². The number of ether oxygens (including phenoxy) is 1. The van der Waals surface area contributed by atoms with Crippen LogP contribution in [0.4, 0.5) is 10.1 Å². The van der Waals surface area contributed by atoms with E-state index in [9.17, 15) is 4.39 Å². The van der Waals surface area contributed by atoms with E-state index in [1.54, 1.807) is 12.1 Å². The van der Waals surface area contributed by atoms with Crippen LogP contribution in [-0.4, -0.2) is 62.4 Å². The Morgan fingerprint density at radius 3 is 2.31 bits per heavy atom. The van der Waals surface area contributed by atoms with Crippen LogP contribution in [0.2, 0.25) is 0 Å². The summed E-state index contributed by atoms with van der Waals surface area (Å²) in [6.45, 7) is 7.32. The second-order valence-electron chi connectivity index (χ2n) is 7.43. The average molecular weight is 406 g/mol. The van der Waals surface area contributed by atoms with E-state index in [0.717, 1.165) is 70.8 Å². The van der Waals surface area contributed by atoms with Gasteiger partial charge < -0.3 is 15.0 Å². The molecule has 1 spiro atoms. The number of nitrogens with zero attached hydrogens (tertiary/aromatic N) is 2. The van der Waals surface area contributed by atoms with Crippen LogP contribution in [-0.2, 0) is 4.74 Å². The van der Waals surface area contributed by atoms with Crippen LogP contribution in [0.25, 0.3) is 0 Å². The van der Waals surface area contributed by atoms with Crippen LogP contribution in [0, 0.1) is 5.82 Å². The Kier molecular flexibility index (Phi) is 7.98.